The molecule has 3 N–H and O–H groups in total. The van der Waals surface area contributed by atoms with Crippen LogP contribution in [0.3, 0.4) is 0 Å². The van der Waals surface area contributed by atoms with Gasteiger partial charge in [0.15, 0.2) is 11.6 Å². The van der Waals surface area contributed by atoms with Crippen molar-refractivity contribution < 1.29 is 9.53 Å². The number of hydrogen-bond acceptors (Lipinski definition) is 7. The van der Waals surface area contributed by atoms with Crippen molar-refractivity contribution in [3.63, 3.8) is 0 Å². The zero-order valence-electron chi connectivity index (χ0n) is 18.5. The minimum atomic E-state index is -0.987. The third kappa shape index (κ3) is 5.35. The van der Waals surface area contributed by atoms with E-state index in [1.54, 1.807) is 0 Å². The Balaban J connectivity index is 1.50. The maximum atomic E-state index is 12.3. The SMILES string of the molecule is [B]C([B])(CC)COc1nc(N)c2c(n1)N(Cc1ccc(CN3CCCC3)cc1)CC(=O)N2. The number of carbonyl (C=O) groups excluding carboxylic acids is 1. The molecule has 164 valence electrons. The Kier molecular flexibility index (Phi) is 6.60. The van der Waals surface area contributed by atoms with Crippen molar-refractivity contribution in [1.29, 1.82) is 0 Å². The molecule has 2 aromatic rings. The standard InChI is InChI=1S/C22H28B2N6O2/c1-2-22(23,24)14-32-21-27-19(25)18-20(28-21)30(13-17(31)26-18)12-16-7-5-15(6-8-16)11-29-9-3-4-10-29/h5-8H,2-4,9-14H2,1H3,(H,26,31)(H2,25,27,28). The van der Waals surface area contributed by atoms with Gasteiger partial charge >= 0.3 is 6.01 Å². The number of nitrogen functional groups attached to an aromatic ring is 1. The molecular formula is C22H28B2N6O2. The molecule has 2 aliphatic heterocycles. The van der Waals surface area contributed by atoms with E-state index >= 15 is 0 Å². The van der Waals surface area contributed by atoms with Gasteiger partial charge in [-0.1, -0.05) is 42.8 Å². The Hall–Kier alpha value is -2.74. The van der Waals surface area contributed by atoms with Crippen molar-refractivity contribution in [3.8, 4) is 6.01 Å². The van der Waals surface area contributed by atoms with Crippen LogP contribution in [0, 0.1) is 0 Å². The van der Waals surface area contributed by atoms with Gasteiger partial charge in [-0.25, -0.2) is 0 Å². The van der Waals surface area contributed by atoms with Crippen LogP contribution in [0.4, 0.5) is 17.3 Å². The molecule has 4 radical (unpaired) electrons. The first kappa shape index (κ1) is 22.5. The lowest BCUT2D eigenvalue weighted by Gasteiger charge is -2.31. The minimum Gasteiger partial charge on any atom is -0.464 e. The first-order chi connectivity index (χ1) is 15.3. The molecule has 1 aromatic carbocycles. The van der Waals surface area contributed by atoms with E-state index in [-0.39, 0.29) is 30.9 Å². The number of benzene rings is 1. The predicted octanol–water partition coefficient (Wildman–Crippen LogP) is 1.86. The molecule has 1 amide bonds. The van der Waals surface area contributed by atoms with Crippen LogP contribution in [0.5, 0.6) is 6.01 Å². The van der Waals surface area contributed by atoms with Crippen LogP contribution < -0.4 is 20.7 Å². The van der Waals surface area contributed by atoms with Gasteiger partial charge in [-0.3, -0.25) is 9.69 Å². The monoisotopic (exact) mass is 430 g/mol. The van der Waals surface area contributed by atoms with Gasteiger partial charge in [-0.15, -0.1) is 0 Å². The molecule has 0 aliphatic carbocycles. The number of nitrogens with zero attached hydrogens (tertiary/aromatic N) is 4. The van der Waals surface area contributed by atoms with Crippen LogP contribution in [0.2, 0.25) is 5.21 Å². The number of likely N-dealkylation sites (tertiary alicyclic amines) is 1. The van der Waals surface area contributed by atoms with E-state index in [0.29, 0.717) is 24.5 Å². The molecule has 0 atom stereocenters. The molecule has 32 heavy (non-hydrogen) atoms. The summed E-state index contributed by atoms with van der Waals surface area (Å²) in [4.78, 5) is 25.2. The van der Waals surface area contributed by atoms with Gasteiger partial charge < -0.3 is 20.7 Å². The summed E-state index contributed by atoms with van der Waals surface area (Å²) in [6.07, 6.45) is 3.09. The number of aromatic nitrogens is 2. The summed E-state index contributed by atoms with van der Waals surface area (Å²) in [6.45, 7) is 5.90. The highest BCUT2D eigenvalue weighted by Crippen LogP contribution is 2.34. The summed E-state index contributed by atoms with van der Waals surface area (Å²) in [7, 11) is 11.9. The number of fused-ring (bicyclic) bond motifs is 1. The average Bonchev–Trinajstić information content (AvgIpc) is 3.27. The molecule has 2 aliphatic rings. The Morgan fingerprint density at radius 1 is 1.12 bits per heavy atom. The third-order valence-corrected chi connectivity index (χ3v) is 5.93. The lowest BCUT2D eigenvalue weighted by atomic mass is 9.53. The number of ether oxygens (including phenoxy) is 1. The second-order valence-electron chi connectivity index (χ2n) is 8.67. The Bertz CT molecular complexity index is 964. The lowest BCUT2D eigenvalue weighted by Crippen LogP contribution is -2.39. The normalized spacial score (nSPS) is 16.7. The maximum absolute atomic E-state index is 12.3. The van der Waals surface area contributed by atoms with Crippen LogP contribution in [0.25, 0.3) is 0 Å². The van der Waals surface area contributed by atoms with Crippen LogP contribution >= 0.6 is 0 Å². The summed E-state index contributed by atoms with van der Waals surface area (Å²) in [5.74, 6) is 0.491. The first-order valence-corrected chi connectivity index (χ1v) is 11.1. The minimum absolute atomic E-state index is 0.0482. The summed E-state index contributed by atoms with van der Waals surface area (Å²) >= 11 is 0. The van der Waals surface area contributed by atoms with E-state index in [9.17, 15) is 4.79 Å². The summed E-state index contributed by atoms with van der Waals surface area (Å²) < 4.78 is 5.62. The fourth-order valence-electron chi connectivity index (χ4n) is 3.89. The van der Waals surface area contributed by atoms with Gasteiger partial charge in [-0.05, 0) is 37.1 Å². The molecule has 0 bridgehead atoms. The third-order valence-electron chi connectivity index (χ3n) is 5.93. The lowest BCUT2D eigenvalue weighted by molar-refractivity contribution is -0.115. The van der Waals surface area contributed by atoms with Gasteiger partial charge in [0.05, 0.1) is 28.8 Å². The van der Waals surface area contributed by atoms with Gasteiger partial charge in [0.25, 0.3) is 0 Å². The van der Waals surface area contributed by atoms with E-state index < -0.39 is 5.21 Å². The predicted molar refractivity (Wildman–Crippen MR) is 127 cm³/mol. The Labute approximate surface area is 191 Å². The molecule has 4 rings (SSSR count). The Morgan fingerprint density at radius 2 is 1.78 bits per heavy atom. The van der Waals surface area contributed by atoms with E-state index in [4.69, 9.17) is 26.2 Å². The molecule has 1 fully saturated rings. The summed E-state index contributed by atoms with van der Waals surface area (Å²) in [5.41, 5.74) is 8.84. The summed E-state index contributed by atoms with van der Waals surface area (Å²) in [5, 5.41) is 1.78. The molecule has 3 heterocycles. The Morgan fingerprint density at radius 3 is 2.44 bits per heavy atom. The van der Waals surface area contributed by atoms with Crippen molar-refractivity contribution in [1.82, 2.24) is 14.9 Å². The summed E-state index contributed by atoms with van der Waals surface area (Å²) in [6, 6.07) is 8.57. The fraction of sp³-hybridized carbons (Fsp3) is 0.500. The number of rotatable bonds is 8. The van der Waals surface area contributed by atoms with Gasteiger partial charge in [0.2, 0.25) is 5.91 Å². The van der Waals surface area contributed by atoms with Crippen molar-refractivity contribution in [2.75, 3.05) is 42.2 Å². The topological polar surface area (TPSA) is 96.6 Å². The largest absolute Gasteiger partial charge is 0.464 e. The molecule has 1 aromatic heterocycles. The quantitative estimate of drug-likeness (QED) is 0.618. The van der Waals surface area contributed by atoms with Crippen LogP contribution in [-0.4, -0.2) is 62.7 Å². The molecule has 0 saturated carbocycles. The smallest absolute Gasteiger partial charge is 0.320 e. The molecule has 0 spiro atoms. The van der Waals surface area contributed by atoms with E-state index in [1.807, 2.05) is 11.8 Å². The first-order valence-electron chi connectivity index (χ1n) is 11.1. The molecule has 10 heteroatoms. The second-order valence-corrected chi connectivity index (χ2v) is 8.67. The second kappa shape index (κ2) is 9.40. The van der Waals surface area contributed by atoms with E-state index in [0.717, 1.165) is 12.1 Å². The average molecular weight is 430 g/mol. The number of amides is 1. The zero-order chi connectivity index (χ0) is 22.7. The molecular weight excluding hydrogens is 402 g/mol. The molecule has 1 saturated heterocycles. The number of hydrogen-bond donors (Lipinski definition) is 2. The number of nitrogens with one attached hydrogen (secondary N) is 1. The highest BCUT2D eigenvalue weighted by Gasteiger charge is 2.28. The number of carbonyl (C=O) groups is 1. The highest BCUT2D eigenvalue weighted by molar-refractivity contribution is 6.39. The number of nitrogens with two attached hydrogens (primary N) is 1. The molecule has 0 unspecified atom stereocenters. The van der Waals surface area contributed by atoms with Gasteiger partial charge in [0, 0.05) is 13.1 Å². The van der Waals surface area contributed by atoms with Gasteiger partial charge in [0.1, 0.15) is 5.69 Å². The van der Waals surface area contributed by atoms with Crippen molar-refractivity contribution in [2.24, 2.45) is 0 Å². The van der Waals surface area contributed by atoms with Crippen molar-refractivity contribution >= 4 is 38.9 Å². The fourth-order valence-corrected chi connectivity index (χ4v) is 3.89. The maximum Gasteiger partial charge on any atom is 0.320 e. The van der Waals surface area contributed by atoms with Crippen molar-refractivity contribution in [3.05, 3.63) is 35.4 Å². The van der Waals surface area contributed by atoms with Crippen LogP contribution in [0.15, 0.2) is 24.3 Å². The van der Waals surface area contributed by atoms with E-state index in [1.165, 1.54) is 31.5 Å². The highest BCUT2D eigenvalue weighted by atomic mass is 16.5. The van der Waals surface area contributed by atoms with Gasteiger partial charge in [-0.2, -0.15) is 9.97 Å². The van der Waals surface area contributed by atoms with Crippen LogP contribution in [-0.2, 0) is 17.9 Å². The van der Waals surface area contributed by atoms with Crippen molar-refractivity contribution in [2.45, 2.75) is 44.5 Å². The zero-order valence-corrected chi connectivity index (χ0v) is 18.5. The molecule has 8 nitrogen and oxygen atoms in total. The van der Waals surface area contributed by atoms with Crippen LogP contribution in [0.1, 0.15) is 37.3 Å². The van der Waals surface area contributed by atoms with E-state index in [2.05, 4.69) is 44.5 Å². The number of anilines is 3.